The van der Waals surface area contributed by atoms with Crippen LogP contribution >= 0.6 is 0 Å². The first-order valence-corrected chi connectivity index (χ1v) is 20.2. The van der Waals surface area contributed by atoms with Crippen LogP contribution in [-0.4, -0.2) is 6.10 Å². The van der Waals surface area contributed by atoms with Crippen LogP contribution in [0.15, 0.2) is 224 Å². The largest absolute Gasteiger partial charge is 0.484 e. The number of allylic oxidation sites excluding steroid dienone is 2. The lowest BCUT2D eigenvalue weighted by Crippen LogP contribution is -2.36. The van der Waals surface area contributed by atoms with E-state index in [0.29, 0.717) is 0 Å². The first kappa shape index (κ1) is 34.1. The van der Waals surface area contributed by atoms with Gasteiger partial charge in [-0.25, -0.2) is 0 Å². The van der Waals surface area contributed by atoms with Crippen LogP contribution in [-0.2, 0) is 10.8 Å². The van der Waals surface area contributed by atoms with E-state index in [1.807, 2.05) is 0 Å². The molecule has 0 saturated carbocycles. The summed E-state index contributed by atoms with van der Waals surface area (Å²) in [4.78, 5) is 2.39. The van der Waals surface area contributed by atoms with Crippen LogP contribution in [0.3, 0.4) is 0 Å². The lowest BCUT2D eigenvalue weighted by atomic mass is 9.68. The van der Waals surface area contributed by atoms with Crippen molar-refractivity contribution < 1.29 is 4.74 Å². The highest BCUT2D eigenvalue weighted by atomic mass is 16.5. The van der Waals surface area contributed by atoms with E-state index >= 15 is 0 Å². The molecule has 2 aliphatic carbocycles. The summed E-state index contributed by atoms with van der Waals surface area (Å²) < 4.78 is 6.73. The molecule has 0 fully saturated rings. The SMILES string of the molecule is C[C@@]12C=CC=C(c3cccc(N(c4ccc(-c5ccccc5)cc4)c4ccc(C5(c6ccccc6)c6ccccc6-c6ccccc65)cc4)c3)C1Oc1ccccc12. The molecular weight excluding hydrogens is 703 g/mol. The third-order valence-corrected chi connectivity index (χ3v) is 12.6. The second-order valence-corrected chi connectivity index (χ2v) is 15.8. The molecule has 0 radical (unpaired) electrons. The average Bonchev–Trinajstić information content (AvgIpc) is 3.77. The number of nitrogens with zero attached hydrogens (tertiary/aromatic N) is 1. The molecule has 0 bridgehead atoms. The third kappa shape index (κ3) is 5.18. The van der Waals surface area contributed by atoms with Crippen molar-refractivity contribution in [3.05, 3.63) is 258 Å². The van der Waals surface area contributed by atoms with Crippen LogP contribution in [0.5, 0.6) is 5.75 Å². The predicted octanol–water partition coefficient (Wildman–Crippen LogP) is 13.9. The molecule has 8 aromatic rings. The maximum atomic E-state index is 6.73. The smallest absolute Gasteiger partial charge is 0.137 e. The van der Waals surface area contributed by atoms with Gasteiger partial charge in [-0.15, -0.1) is 0 Å². The fourth-order valence-electron chi connectivity index (χ4n) is 9.93. The second kappa shape index (κ2) is 13.5. The lowest BCUT2D eigenvalue weighted by molar-refractivity contribution is 0.238. The van der Waals surface area contributed by atoms with Crippen LogP contribution in [0, 0.1) is 0 Å². The van der Waals surface area contributed by atoms with Gasteiger partial charge >= 0.3 is 0 Å². The number of fused-ring (bicyclic) bond motifs is 6. The molecule has 8 aromatic carbocycles. The number of rotatable bonds is 7. The van der Waals surface area contributed by atoms with Crippen molar-refractivity contribution in [3.8, 4) is 28.0 Å². The Hall–Kier alpha value is -7.16. The van der Waals surface area contributed by atoms with Crippen molar-refractivity contribution in [2.45, 2.75) is 23.9 Å². The van der Waals surface area contributed by atoms with E-state index in [1.165, 1.54) is 55.6 Å². The number of anilines is 3. The van der Waals surface area contributed by atoms with E-state index in [2.05, 4.69) is 236 Å². The van der Waals surface area contributed by atoms with Gasteiger partial charge in [0.2, 0.25) is 0 Å². The summed E-state index contributed by atoms with van der Waals surface area (Å²) in [5.41, 5.74) is 16.2. The molecule has 1 aliphatic heterocycles. The first-order valence-electron chi connectivity index (χ1n) is 20.2. The number of hydrogen-bond donors (Lipinski definition) is 0. The Kier molecular flexibility index (Phi) is 7.94. The van der Waals surface area contributed by atoms with E-state index in [-0.39, 0.29) is 11.5 Å². The Labute approximate surface area is 340 Å². The minimum Gasteiger partial charge on any atom is -0.484 e. The summed E-state index contributed by atoms with van der Waals surface area (Å²) in [7, 11) is 0. The molecule has 3 aliphatic rings. The van der Waals surface area contributed by atoms with E-state index in [9.17, 15) is 0 Å². The van der Waals surface area contributed by atoms with Crippen molar-refractivity contribution in [1.29, 1.82) is 0 Å². The molecule has 1 heterocycles. The van der Waals surface area contributed by atoms with Crippen molar-refractivity contribution in [2.24, 2.45) is 0 Å². The Morgan fingerprint density at radius 1 is 0.448 bits per heavy atom. The molecule has 58 heavy (non-hydrogen) atoms. The second-order valence-electron chi connectivity index (χ2n) is 15.8. The minimum atomic E-state index is -0.457. The number of ether oxygens (including phenoxy) is 1. The standard InChI is InChI=1S/C56H41NO/c1-55-37-15-24-47(54(55)58-53-28-13-12-27-52(53)55)41-18-14-21-46(38-41)57(44-33-29-40(30-34-44)39-16-4-2-5-17-39)45-35-31-43(32-36-45)56(42-19-6-3-7-20-42)50-25-10-8-22-48(50)49-23-9-11-26-51(49)56/h2-38,54H,1H3/t54?,55-/m0/s1. The molecule has 2 atom stereocenters. The van der Waals surface area contributed by atoms with Gasteiger partial charge in [0.15, 0.2) is 0 Å². The fraction of sp³-hybridized carbons (Fsp3) is 0.0714. The number of para-hydroxylation sites is 1. The van der Waals surface area contributed by atoms with Gasteiger partial charge in [0.1, 0.15) is 11.9 Å². The van der Waals surface area contributed by atoms with Crippen LogP contribution in [0.4, 0.5) is 17.1 Å². The number of hydrogen-bond acceptors (Lipinski definition) is 2. The monoisotopic (exact) mass is 743 g/mol. The van der Waals surface area contributed by atoms with E-state index < -0.39 is 5.41 Å². The van der Waals surface area contributed by atoms with Gasteiger partial charge in [-0.2, -0.15) is 0 Å². The summed E-state index contributed by atoms with van der Waals surface area (Å²) in [6, 6.07) is 75.1. The molecule has 0 spiro atoms. The van der Waals surface area contributed by atoms with Gasteiger partial charge < -0.3 is 9.64 Å². The normalized spacial score (nSPS) is 17.9. The zero-order chi connectivity index (χ0) is 38.7. The molecule has 2 heteroatoms. The molecular formula is C56H41NO. The average molecular weight is 744 g/mol. The highest BCUT2D eigenvalue weighted by Crippen LogP contribution is 2.56. The van der Waals surface area contributed by atoms with Crippen LogP contribution < -0.4 is 9.64 Å². The molecule has 0 aromatic heterocycles. The Morgan fingerprint density at radius 3 is 1.67 bits per heavy atom. The lowest BCUT2D eigenvalue weighted by Gasteiger charge is -2.34. The van der Waals surface area contributed by atoms with Gasteiger partial charge in [0, 0.05) is 28.2 Å². The molecule has 11 rings (SSSR count). The first-order chi connectivity index (χ1) is 28.6. The summed E-state index contributed by atoms with van der Waals surface area (Å²) in [6.45, 7) is 2.29. The number of benzene rings is 8. The topological polar surface area (TPSA) is 12.5 Å². The zero-order valence-corrected chi connectivity index (χ0v) is 32.3. The van der Waals surface area contributed by atoms with E-state index in [0.717, 1.165) is 28.4 Å². The Bertz CT molecular complexity index is 2830. The van der Waals surface area contributed by atoms with Crippen LogP contribution in [0.25, 0.3) is 27.8 Å². The van der Waals surface area contributed by atoms with Crippen molar-refractivity contribution in [3.63, 3.8) is 0 Å². The molecule has 1 unspecified atom stereocenters. The fourth-order valence-corrected chi connectivity index (χ4v) is 9.93. The third-order valence-electron chi connectivity index (χ3n) is 12.6. The van der Waals surface area contributed by atoms with Crippen molar-refractivity contribution in [2.75, 3.05) is 4.90 Å². The van der Waals surface area contributed by atoms with Gasteiger partial charge in [0.25, 0.3) is 0 Å². The summed E-state index contributed by atoms with van der Waals surface area (Å²) in [5, 5.41) is 0. The summed E-state index contributed by atoms with van der Waals surface area (Å²) >= 11 is 0. The van der Waals surface area contributed by atoms with E-state index in [4.69, 9.17) is 4.74 Å². The molecule has 2 nitrogen and oxygen atoms in total. The highest BCUT2D eigenvalue weighted by molar-refractivity contribution is 5.87. The van der Waals surface area contributed by atoms with E-state index in [1.54, 1.807) is 0 Å². The van der Waals surface area contributed by atoms with Gasteiger partial charge in [-0.3, -0.25) is 0 Å². The molecule has 0 N–H and O–H groups in total. The Balaban J connectivity index is 1.05. The molecule has 276 valence electrons. The summed E-state index contributed by atoms with van der Waals surface area (Å²) in [6.07, 6.45) is 6.60. The predicted molar refractivity (Wildman–Crippen MR) is 239 cm³/mol. The van der Waals surface area contributed by atoms with Crippen LogP contribution in [0.2, 0.25) is 0 Å². The maximum absolute atomic E-state index is 6.73. The van der Waals surface area contributed by atoms with Crippen molar-refractivity contribution in [1.82, 2.24) is 0 Å². The maximum Gasteiger partial charge on any atom is 0.137 e. The summed E-state index contributed by atoms with van der Waals surface area (Å²) in [5.74, 6) is 0.963. The Morgan fingerprint density at radius 2 is 0.983 bits per heavy atom. The molecule has 0 saturated heterocycles. The van der Waals surface area contributed by atoms with Gasteiger partial charge in [0.05, 0.1) is 10.8 Å². The zero-order valence-electron chi connectivity index (χ0n) is 32.3. The van der Waals surface area contributed by atoms with Crippen molar-refractivity contribution >= 4 is 22.6 Å². The minimum absolute atomic E-state index is 0.116. The van der Waals surface area contributed by atoms with Crippen LogP contribution in [0.1, 0.15) is 40.3 Å². The highest BCUT2D eigenvalue weighted by Gasteiger charge is 2.47. The van der Waals surface area contributed by atoms with Gasteiger partial charge in [-0.1, -0.05) is 182 Å². The quantitative estimate of drug-likeness (QED) is 0.161. The molecule has 0 amide bonds. The van der Waals surface area contributed by atoms with Gasteiger partial charge in [-0.05, 0) is 99.5 Å².